The van der Waals surface area contributed by atoms with Crippen molar-refractivity contribution in [2.45, 2.75) is 19.4 Å². The Hall–Kier alpha value is -1.71. The van der Waals surface area contributed by atoms with Gasteiger partial charge in [-0.2, -0.15) is 0 Å². The monoisotopic (exact) mass is 234 g/mol. The molecule has 2 rings (SSSR count). The summed E-state index contributed by atoms with van der Waals surface area (Å²) in [5, 5.41) is 2.89. The van der Waals surface area contributed by atoms with Crippen LogP contribution in [0.5, 0.6) is 5.75 Å². The summed E-state index contributed by atoms with van der Waals surface area (Å²) in [5.74, 6) is 0.871. The van der Waals surface area contributed by atoms with Crippen LogP contribution in [0.15, 0.2) is 24.3 Å². The van der Waals surface area contributed by atoms with E-state index in [0.717, 1.165) is 18.0 Å². The maximum atomic E-state index is 11.9. The lowest BCUT2D eigenvalue weighted by atomic mass is 9.98. The maximum absolute atomic E-state index is 11.9. The Morgan fingerprint density at radius 2 is 2.18 bits per heavy atom. The number of piperazine rings is 1. The Bertz CT molecular complexity index is 429. The molecule has 1 saturated heterocycles. The number of hydrogen-bond donors (Lipinski definition) is 1. The van der Waals surface area contributed by atoms with Crippen molar-refractivity contribution in [3.8, 4) is 5.75 Å². The van der Waals surface area contributed by atoms with Gasteiger partial charge in [-0.3, -0.25) is 4.79 Å². The Kier molecular flexibility index (Phi) is 2.96. The number of hydrogen-bond acceptors (Lipinski definition) is 3. The molecular formula is C13H18N2O2. The molecule has 1 N–H and O–H groups in total. The Morgan fingerprint density at radius 1 is 1.41 bits per heavy atom. The topological polar surface area (TPSA) is 41.6 Å². The van der Waals surface area contributed by atoms with E-state index in [2.05, 4.69) is 10.2 Å². The summed E-state index contributed by atoms with van der Waals surface area (Å²) in [7, 11) is 1.65. The van der Waals surface area contributed by atoms with Crippen LogP contribution < -0.4 is 15.0 Å². The normalized spacial score (nSPS) is 18.8. The first-order chi connectivity index (χ1) is 8.05. The first-order valence-corrected chi connectivity index (χ1v) is 5.75. The second kappa shape index (κ2) is 4.28. The van der Waals surface area contributed by atoms with Crippen molar-refractivity contribution < 1.29 is 9.53 Å². The zero-order chi connectivity index (χ0) is 12.5. The molecule has 0 spiro atoms. The minimum absolute atomic E-state index is 0.0616. The molecule has 0 saturated carbocycles. The third-order valence-corrected chi connectivity index (χ3v) is 3.22. The molecule has 0 aliphatic carbocycles. The number of ether oxygens (including phenoxy) is 1. The highest BCUT2D eigenvalue weighted by molar-refractivity contribution is 5.90. The highest BCUT2D eigenvalue weighted by Crippen LogP contribution is 2.28. The fraction of sp³-hybridized carbons (Fsp3) is 0.462. The highest BCUT2D eigenvalue weighted by Gasteiger charge is 2.37. The minimum atomic E-state index is -0.523. The van der Waals surface area contributed by atoms with Crippen molar-refractivity contribution in [2.75, 3.05) is 25.1 Å². The third-order valence-electron chi connectivity index (χ3n) is 3.22. The largest absolute Gasteiger partial charge is 0.497 e. The van der Waals surface area contributed by atoms with Crippen LogP contribution in [-0.4, -0.2) is 31.6 Å². The summed E-state index contributed by atoms with van der Waals surface area (Å²) in [6.07, 6.45) is 0. The lowest BCUT2D eigenvalue weighted by Gasteiger charge is -2.42. The number of rotatable bonds is 2. The summed E-state index contributed by atoms with van der Waals surface area (Å²) < 4.78 is 5.21. The Labute approximate surface area is 102 Å². The van der Waals surface area contributed by atoms with E-state index in [-0.39, 0.29) is 5.91 Å². The summed E-state index contributed by atoms with van der Waals surface area (Å²) in [6, 6.07) is 7.81. The number of nitrogens with zero attached hydrogens (tertiary/aromatic N) is 1. The SMILES string of the molecule is COc1cccc(N2CCNC(=O)C2(C)C)c1. The van der Waals surface area contributed by atoms with E-state index in [1.165, 1.54) is 0 Å². The molecule has 1 aromatic carbocycles. The van der Waals surface area contributed by atoms with Crippen molar-refractivity contribution in [3.63, 3.8) is 0 Å². The van der Waals surface area contributed by atoms with Crippen LogP contribution in [0.3, 0.4) is 0 Å². The van der Waals surface area contributed by atoms with Gasteiger partial charge in [0, 0.05) is 24.8 Å². The first-order valence-electron chi connectivity index (χ1n) is 5.75. The smallest absolute Gasteiger partial charge is 0.245 e. The number of carbonyl (C=O) groups is 1. The second-order valence-electron chi connectivity index (χ2n) is 4.67. The molecule has 0 radical (unpaired) electrons. The molecular weight excluding hydrogens is 216 g/mol. The molecule has 1 amide bonds. The van der Waals surface area contributed by atoms with Gasteiger partial charge in [-0.1, -0.05) is 6.07 Å². The highest BCUT2D eigenvalue weighted by atomic mass is 16.5. The molecule has 4 heteroatoms. The number of anilines is 1. The number of methoxy groups -OCH3 is 1. The third kappa shape index (κ3) is 2.07. The molecule has 92 valence electrons. The zero-order valence-electron chi connectivity index (χ0n) is 10.5. The van der Waals surface area contributed by atoms with Gasteiger partial charge >= 0.3 is 0 Å². The maximum Gasteiger partial charge on any atom is 0.245 e. The molecule has 1 fully saturated rings. The number of nitrogens with one attached hydrogen (secondary N) is 1. The van der Waals surface area contributed by atoms with Gasteiger partial charge in [0.25, 0.3) is 0 Å². The summed E-state index contributed by atoms with van der Waals surface area (Å²) >= 11 is 0. The number of carbonyl (C=O) groups excluding carboxylic acids is 1. The van der Waals surface area contributed by atoms with Crippen molar-refractivity contribution in [3.05, 3.63) is 24.3 Å². The van der Waals surface area contributed by atoms with E-state index >= 15 is 0 Å². The quantitative estimate of drug-likeness (QED) is 0.841. The molecule has 0 bridgehead atoms. The van der Waals surface area contributed by atoms with E-state index in [9.17, 15) is 4.79 Å². The summed E-state index contributed by atoms with van der Waals surface area (Å²) in [5.41, 5.74) is 0.495. The van der Waals surface area contributed by atoms with Crippen LogP contribution in [-0.2, 0) is 4.79 Å². The van der Waals surface area contributed by atoms with Crippen molar-refractivity contribution >= 4 is 11.6 Å². The molecule has 4 nitrogen and oxygen atoms in total. The van der Waals surface area contributed by atoms with Crippen molar-refractivity contribution in [1.82, 2.24) is 5.32 Å². The molecule has 0 unspecified atom stereocenters. The van der Waals surface area contributed by atoms with E-state index in [0.29, 0.717) is 6.54 Å². The van der Waals surface area contributed by atoms with Gasteiger partial charge in [-0.15, -0.1) is 0 Å². The van der Waals surface area contributed by atoms with Gasteiger partial charge in [0.15, 0.2) is 0 Å². The van der Waals surface area contributed by atoms with Crippen LogP contribution in [0.1, 0.15) is 13.8 Å². The summed E-state index contributed by atoms with van der Waals surface area (Å²) in [4.78, 5) is 14.0. The fourth-order valence-electron chi connectivity index (χ4n) is 2.13. The predicted octanol–water partition coefficient (Wildman–Crippen LogP) is 1.41. The Morgan fingerprint density at radius 3 is 2.88 bits per heavy atom. The van der Waals surface area contributed by atoms with Crippen LogP contribution in [0.4, 0.5) is 5.69 Å². The van der Waals surface area contributed by atoms with Crippen molar-refractivity contribution in [2.24, 2.45) is 0 Å². The van der Waals surface area contributed by atoms with Crippen LogP contribution >= 0.6 is 0 Å². The molecule has 1 aliphatic heterocycles. The van der Waals surface area contributed by atoms with Gasteiger partial charge < -0.3 is 15.0 Å². The van der Waals surface area contributed by atoms with Crippen LogP contribution in [0, 0.1) is 0 Å². The van der Waals surface area contributed by atoms with E-state index in [1.807, 2.05) is 38.1 Å². The average Bonchev–Trinajstić information content (AvgIpc) is 2.32. The van der Waals surface area contributed by atoms with Gasteiger partial charge in [-0.05, 0) is 26.0 Å². The summed E-state index contributed by atoms with van der Waals surface area (Å²) in [6.45, 7) is 5.35. The standard InChI is InChI=1S/C13H18N2O2/c1-13(2)12(16)14-7-8-15(13)10-5-4-6-11(9-10)17-3/h4-6,9H,7-8H2,1-3H3,(H,14,16). The van der Waals surface area contributed by atoms with Crippen LogP contribution in [0.25, 0.3) is 0 Å². The molecule has 1 aliphatic rings. The van der Waals surface area contributed by atoms with Gasteiger partial charge in [0.1, 0.15) is 11.3 Å². The second-order valence-corrected chi connectivity index (χ2v) is 4.67. The van der Waals surface area contributed by atoms with E-state index < -0.39 is 5.54 Å². The molecule has 1 heterocycles. The first kappa shape index (κ1) is 11.8. The molecule has 0 atom stereocenters. The minimum Gasteiger partial charge on any atom is -0.497 e. The van der Waals surface area contributed by atoms with Crippen molar-refractivity contribution in [1.29, 1.82) is 0 Å². The van der Waals surface area contributed by atoms with Gasteiger partial charge in [-0.25, -0.2) is 0 Å². The van der Waals surface area contributed by atoms with E-state index in [1.54, 1.807) is 7.11 Å². The molecule has 0 aromatic heterocycles. The Balaban J connectivity index is 2.34. The van der Waals surface area contributed by atoms with Gasteiger partial charge in [0.2, 0.25) is 5.91 Å². The molecule has 1 aromatic rings. The zero-order valence-corrected chi connectivity index (χ0v) is 10.5. The van der Waals surface area contributed by atoms with Gasteiger partial charge in [0.05, 0.1) is 7.11 Å². The molecule has 17 heavy (non-hydrogen) atoms. The van der Waals surface area contributed by atoms with E-state index in [4.69, 9.17) is 4.74 Å². The van der Waals surface area contributed by atoms with Crippen LogP contribution in [0.2, 0.25) is 0 Å². The average molecular weight is 234 g/mol. The number of amides is 1. The number of benzene rings is 1. The predicted molar refractivity (Wildman–Crippen MR) is 67.4 cm³/mol. The lowest BCUT2D eigenvalue weighted by Crippen LogP contribution is -2.62. The fourth-order valence-corrected chi connectivity index (χ4v) is 2.13. The lowest BCUT2D eigenvalue weighted by molar-refractivity contribution is -0.126.